The van der Waals surface area contributed by atoms with E-state index in [2.05, 4.69) is 25.9 Å². The Morgan fingerprint density at radius 1 is 0.900 bits per heavy atom. The highest BCUT2D eigenvalue weighted by molar-refractivity contribution is 5.90. The molecule has 0 saturated carbocycles. The maximum atomic E-state index is 12.3. The number of nitrogens with one attached hydrogen (secondary N) is 3. The van der Waals surface area contributed by atoms with Gasteiger partial charge in [-0.1, -0.05) is 0 Å². The van der Waals surface area contributed by atoms with Gasteiger partial charge >= 0.3 is 0 Å². The van der Waals surface area contributed by atoms with Crippen molar-refractivity contribution in [1.29, 1.82) is 0 Å². The van der Waals surface area contributed by atoms with Gasteiger partial charge in [-0.25, -0.2) is 0 Å². The third kappa shape index (κ3) is 14.6. The smallest absolute Gasteiger partial charge is 0.243 e. The van der Waals surface area contributed by atoms with Crippen molar-refractivity contribution in [2.75, 3.05) is 19.6 Å². The van der Waals surface area contributed by atoms with Gasteiger partial charge in [-0.15, -0.1) is 0 Å². The standard InChI is InChI=1S/C17H33N9O4/c1-11(28)25-13(6-2-3-7-22-16(18)19)15(30)24-9-14(29)26-12(10-27)5-4-8-23-17(20)21/h10,12-13H,2-9H2,1H3,(H,24,30)(H,25,28)(H,26,29)(H4,18,19,22)(H4,20,21,23)/t12-,13+/m0/s1. The van der Waals surface area contributed by atoms with E-state index in [1.54, 1.807) is 0 Å². The number of carbonyl (C=O) groups is 4. The monoisotopic (exact) mass is 427 g/mol. The van der Waals surface area contributed by atoms with Gasteiger partial charge in [-0.05, 0) is 32.1 Å². The van der Waals surface area contributed by atoms with E-state index >= 15 is 0 Å². The SMILES string of the molecule is CC(=O)N[C@H](CCCCN=C(N)N)C(=O)NCC(=O)N[C@H](C=O)CCCN=C(N)N. The van der Waals surface area contributed by atoms with Gasteiger partial charge in [0.25, 0.3) is 0 Å². The zero-order chi connectivity index (χ0) is 22.9. The van der Waals surface area contributed by atoms with E-state index in [-0.39, 0.29) is 24.4 Å². The number of unbranched alkanes of at least 4 members (excludes halogenated alkanes) is 1. The van der Waals surface area contributed by atoms with Crippen LogP contribution in [0.4, 0.5) is 0 Å². The van der Waals surface area contributed by atoms with Crippen LogP contribution in [0.5, 0.6) is 0 Å². The number of amides is 3. The summed E-state index contributed by atoms with van der Waals surface area (Å²) in [5.41, 5.74) is 20.9. The summed E-state index contributed by atoms with van der Waals surface area (Å²) in [7, 11) is 0. The fourth-order valence-corrected chi connectivity index (χ4v) is 2.42. The van der Waals surface area contributed by atoms with Crippen molar-refractivity contribution in [1.82, 2.24) is 16.0 Å². The number of aldehydes is 1. The first-order valence-electron chi connectivity index (χ1n) is 9.56. The van der Waals surface area contributed by atoms with Gasteiger partial charge in [0.05, 0.1) is 12.6 Å². The van der Waals surface area contributed by atoms with Gasteiger partial charge < -0.3 is 43.7 Å². The molecule has 3 amide bonds. The highest BCUT2D eigenvalue weighted by Gasteiger charge is 2.20. The molecule has 0 fully saturated rings. The first-order chi connectivity index (χ1) is 14.1. The molecule has 2 atom stereocenters. The number of nitrogens with two attached hydrogens (primary N) is 4. The summed E-state index contributed by atoms with van der Waals surface area (Å²) in [5.74, 6) is -1.46. The number of carbonyl (C=O) groups excluding carboxylic acids is 4. The summed E-state index contributed by atoms with van der Waals surface area (Å²) in [5, 5.41) is 7.50. The van der Waals surface area contributed by atoms with Crippen LogP contribution in [-0.4, -0.2) is 67.6 Å². The normalized spacial score (nSPS) is 12.0. The third-order valence-corrected chi connectivity index (χ3v) is 3.79. The molecule has 0 aliphatic rings. The van der Waals surface area contributed by atoms with Crippen LogP contribution >= 0.6 is 0 Å². The van der Waals surface area contributed by atoms with Crippen LogP contribution in [0.1, 0.15) is 39.0 Å². The number of guanidine groups is 2. The van der Waals surface area contributed by atoms with Gasteiger partial charge in [0.15, 0.2) is 11.9 Å². The van der Waals surface area contributed by atoms with Crippen LogP contribution in [0.25, 0.3) is 0 Å². The third-order valence-electron chi connectivity index (χ3n) is 3.79. The molecule has 0 saturated heterocycles. The Kier molecular flexibility index (Phi) is 13.8. The van der Waals surface area contributed by atoms with Crippen molar-refractivity contribution in [3.63, 3.8) is 0 Å². The fourth-order valence-electron chi connectivity index (χ4n) is 2.42. The summed E-state index contributed by atoms with van der Waals surface area (Å²) in [6.45, 7) is 1.71. The lowest BCUT2D eigenvalue weighted by Gasteiger charge is -2.18. The van der Waals surface area contributed by atoms with E-state index in [9.17, 15) is 19.2 Å². The second-order valence-corrected chi connectivity index (χ2v) is 6.53. The summed E-state index contributed by atoms with van der Waals surface area (Å²) >= 11 is 0. The maximum absolute atomic E-state index is 12.3. The Bertz CT molecular complexity index is 629. The molecular weight excluding hydrogens is 394 g/mol. The van der Waals surface area contributed by atoms with Gasteiger partial charge in [0.1, 0.15) is 12.3 Å². The molecule has 0 radical (unpaired) electrons. The lowest BCUT2D eigenvalue weighted by Crippen LogP contribution is -2.49. The topological polar surface area (TPSA) is 233 Å². The van der Waals surface area contributed by atoms with E-state index < -0.39 is 23.9 Å². The Hall–Kier alpha value is -3.38. The lowest BCUT2D eigenvalue weighted by atomic mass is 10.1. The van der Waals surface area contributed by atoms with Crippen molar-refractivity contribution in [3.8, 4) is 0 Å². The summed E-state index contributed by atoms with van der Waals surface area (Å²) in [6.07, 6.45) is 3.02. The van der Waals surface area contributed by atoms with E-state index in [1.165, 1.54) is 6.92 Å². The molecule has 11 N–H and O–H groups in total. The van der Waals surface area contributed by atoms with Crippen molar-refractivity contribution in [2.24, 2.45) is 32.9 Å². The summed E-state index contributed by atoms with van der Waals surface area (Å²) in [4.78, 5) is 54.3. The average molecular weight is 428 g/mol. The molecule has 0 aromatic heterocycles. The van der Waals surface area contributed by atoms with Crippen molar-refractivity contribution in [3.05, 3.63) is 0 Å². The molecule has 0 aliphatic carbocycles. The highest BCUT2D eigenvalue weighted by Crippen LogP contribution is 2.02. The highest BCUT2D eigenvalue weighted by atomic mass is 16.2. The number of hydrogen-bond donors (Lipinski definition) is 7. The predicted octanol–water partition coefficient (Wildman–Crippen LogP) is -3.21. The Labute approximate surface area is 175 Å². The van der Waals surface area contributed by atoms with E-state index in [0.717, 1.165) is 0 Å². The average Bonchev–Trinajstić information content (AvgIpc) is 2.66. The minimum atomic E-state index is -0.795. The van der Waals surface area contributed by atoms with Crippen LogP contribution in [0, 0.1) is 0 Å². The molecule has 0 bridgehead atoms. The Morgan fingerprint density at radius 2 is 1.50 bits per heavy atom. The van der Waals surface area contributed by atoms with Crippen LogP contribution < -0.4 is 38.9 Å². The molecule has 0 unspecified atom stereocenters. The van der Waals surface area contributed by atoms with E-state index in [1.807, 2.05) is 0 Å². The van der Waals surface area contributed by atoms with Crippen LogP contribution in [0.2, 0.25) is 0 Å². The fraction of sp³-hybridized carbons (Fsp3) is 0.647. The van der Waals surface area contributed by atoms with Crippen molar-refractivity contribution in [2.45, 2.75) is 51.1 Å². The molecule has 0 aromatic carbocycles. The molecule has 30 heavy (non-hydrogen) atoms. The van der Waals surface area contributed by atoms with Crippen molar-refractivity contribution < 1.29 is 19.2 Å². The minimum Gasteiger partial charge on any atom is -0.370 e. The second-order valence-electron chi connectivity index (χ2n) is 6.53. The molecule has 0 heterocycles. The van der Waals surface area contributed by atoms with Gasteiger partial charge in [0.2, 0.25) is 17.7 Å². The van der Waals surface area contributed by atoms with E-state index in [0.29, 0.717) is 51.5 Å². The summed E-state index contributed by atoms with van der Waals surface area (Å²) < 4.78 is 0. The van der Waals surface area contributed by atoms with Crippen LogP contribution in [0.3, 0.4) is 0 Å². The molecule has 170 valence electrons. The van der Waals surface area contributed by atoms with Gasteiger partial charge in [-0.3, -0.25) is 24.4 Å². The second kappa shape index (κ2) is 15.5. The Balaban J connectivity index is 4.43. The molecule has 13 heteroatoms. The predicted molar refractivity (Wildman–Crippen MR) is 113 cm³/mol. The van der Waals surface area contributed by atoms with E-state index in [4.69, 9.17) is 22.9 Å². The number of rotatable bonds is 15. The van der Waals surface area contributed by atoms with Crippen LogP contribution in [0.15, 0.2) is 9.98 Å². The number of aliphatic imine (C=N–C) groups is 2. The molecule has 0 aliphatic heterocycles. The zero-order valence-corrected chi connectivity index (χ0v) is 17.2. The van der Waals surface area contributed by atoms with Gasteiger partial charge in [-0.2, -0.15) is 0 Å². The molecular formula is C17H33N9O4. The lowest BCUT2D eigenvalue weighted by molar-refractivity contribution is -0.130. The van der Waals surface area contributed by atoms with Crippen molar-refractivity contribution >= 4 is 35.9 Å². The quantitative estimate of drug-likeness (QED) is 0.0606. The first-order valence-corrected chi connectivity index (χ1v) is 9.56. The number of nitrogens with zero attached hydrogens (tertiary/aromatic N) is 2. The number of hydrogen-bond acceptors (Lipinski definition) is 6. The summed E-state index contributed by atoms with van der Waals surface area (Å²) in [6, 6.07) is -1.51. The first kappa shape index (κ1) is 26.6. The van der Waals surface area contributed by atoms with Crippen LogP contribution in [-0.2, 0) is 19.2 Å². The molecule has 13 nitrogen and oxygen atoms in total. The Morgan fingerprint density at radius 3 is 2.03 bits per heavy atom. The molecule has 0 aromatic rings. The molecule has 0 spiro atoms. The molecule has 0 rings (SSSR count). The minimum absolute atomic E-state index is 0.0120. The zero-order valence-electron chi connectivity index (χ0n) is 17.2. The largest absolute Gasteiger partial charge is 0.370 e. The van der Waals surface area contributed by atoms with Gasteiger partial charge in [0, 0.05) is 20.0 Å². The maximum Gasteiger partial charge on any atom is 0.243 e.